The maximum absolute atomic E-state index is 5.34. The topological polar surface area (TPSA) is 31.4 Å². The summed E-state index contributed by atoms with van der Waals surface area (Å²) in [6, 6.07) is 16.1. The highest BCUT2D eigenvalue weighted by Gasteiger charge is 2.06. The molecule has 0 aliphatic rings. The summed E-state index contributed by atoms with van der Waals surface area (Å²) in [5, 5.41) is 1.02. The van der Waals surface area contributed by atoms with Crippen LogP contribution in [-0.4, -0.2) is 19.2 Å². The van der Waals surface area contributed by atoms with Gasteiger partial charge in [0, 0.05) is 17.6 Å². The summed E-state index contributed by atoms with van der Waals surface area (Å²) in [7, 11) is 3.26. The van der Waals surface area contributed by atoms with Crippen molar-refractivity contribution in [1.82, 2.24) is 4.98 Å². The molecule has 0 fully saturated rings. The molecule has 3 nitrogen and oxygen atoms in total. The highest BCUT2D eigenvalue weighted by molar-refractivity contribution is 5.85. The third-order valence-electron chi connectivity index (χ3n) is 3.48. The fraction of sp³-hybridized carbons (Fsp3) is 0.105. The Morgan fingerprint density at radius 3 is 2.23 bits per heavy atom. The molecule has 110 valence electrons. The number of hydrogen-bond acceptors (Lipinski definition) is 3. The highest BCUT2D eigenvalue weighted by atomic mass is 16.5. The zero-order chi connectivity index (χ0) is 15.4. The average Bonchev–Trinajstić information content (AvgIpc) is 2.59. The maximum atomic E-state index is 5.34. The van der Waals surface area contributed by atoms with E-state index in [1.807, 2.05) is 36.5 Å². The summed E-state index contributed by atoms with van der Waals surface area (Å²) < 4.78 is 10.6. The minimum Gasteiger partial charge on any atom is -0.493 e. The van der Waals surface area contributed by atoms with Crippen molar-refractivity contribution in [3.8, 4) is 11.5 Å². The van der Waals surface area contributed by atoms with Gasteiger partial charge >= 0.3 is 0 Å². The molecule has 3 rings (SSSR count). The van der Waals surface area contributed by atoms with Crippen LogP contribution in [0.4, 0.5) is 0 Å². The van der Waals surface area contributed by atoms with E-state index in [-0.39, 0.29) is 0 Å². The Hall–Kier alpha value is -2.81. The predicted molar refractivity (Wildman–Crippen MR) is 90.2 cm³/mol. The molecule has 0 unspecified atom stereocenters. The quantitative estimate of drug-likeness (QED) is 0.713. The van der Waals surface area contributed by atoms with Gasteiger partial charge in [-0.1, -0.05) is 42.5 Å². The molecular weight excluding hydrogens is 274 g/mol. The largest absolute Gasteiger partial charge is 0.493 e. The van der Waals surface area contributed by atoms with Crippen LogP contribution in [0.25, 0.3) is 23.1 Å². The van der Waals surface area contributed by atoms with E-state index in [2.05, 4.69) is 35.3 Å². The fourth-order valence-electron chi connectivity index (χ4n) is 2.32. The third kappa shape index (κ3) is 2.93. The molecule has 1 aromatic heterocycles. The lowest BCUT2D eigenvalue weighted by molar-refractivity contribution is 0.356. The van der Waals surface area contributed by atoms with Gasteiger partial charge in [0.05, 0.1) is 19.7 Å². The van der Waals surface area contributed by atoms with Gasteiger partial charge in [-0.15, -0.1) is 0 Å². The molecule has 0 amide bonds. The van der Waals surface area contributed by atoms with Crippen LogP contribution >= 0.6 is 0 Å². The minimum absolute atomic E-state index is 0.690. The Kier molecular flexibility index (Phi) is 4.05. The number of ether oxygens (including phenoxy) is 2. The number of pyridine rings is 1. The Morgan fingerprint density at radius 1 is 0.818 bits per heavy atom. The van der Waals surface area contributed by atoms with E-state index in [1.54, 1.807) is 14.2 Å². The normalized spacial score (nSPS) is 11.0. The molecule has 0 atom stereocenters. The molecule has 22 heavy (non-hydrogen) atoms. The zero-order valence-corrected chi connectivity index (χ0v) is 12.6. The second kappa shape index (κ2) is 6.31. The molecule has 3 heteroatoms. The SMILES string of the molecule is COc1cc2cc(/C=C/c3ccccc3)cnc2cc1OC. The minimum atomic E-state index is 0.690. The van der Waals surface area contributed by atoms with Crippen LogP contribution < -0.4 is 9.47 Å². The van der Waals surface area contributed by atoms with E-state index < -0.39 is 0 Å². The van der Waals surface area contributed by atoms with Crippen molar-refractivity contribution in [2.24, 2.45) is 0 Å². The monoisotopic (exact) mass is 291 g/mol. The molecule has 3 aromatic rings. The van der Waals surface area contributed by atoms with E-state index >= 15 is 0 Å². The number of aromatic nitrogens is 1. The van der Waals surface area contributed by atoms with E-state index in [0.29, 0.717) is 11.5 Å². The zero-order valence-electron chi connectivity index (χ0n) is 12.6. The van der Waals surface area contributed by atoms with Gasteiger partial charge in [0.1, 0.15) is 0 Å². The summed E-state index contributed by atoms with van der Waals surface area (Å²) >= 11 is 0. The van der Waals surface area contributed by atoms with E-state index in [1.165, 1.54) is 0 Å². The average molecular weight is 291 g/mol. The number of fused-ring (bicyclic) bond motifs is 1. The molecule has 1 heterocycles. The Labute approximate surface area is 129 Å². The molecule has 0 saturated carbocycles. The van der Waals surface area contributed by atoms with Gasteiger partial charge in [-0.2, -0.15) is 0 Å². The second-order valence-electron chi connectivity index (χ2n) is 4.91. The van der Waals surface area contributed by atoms with E-state index in [0.717, 1.165) is 22.0 Å². The number of nitrogens with zero attached hydrogens (tertiary/aromatic N) is 1. The maximum Gasteiger partial charge on any atom is 0.162 e. The van der Waals surface area contributed by atoms with Crippen LogP contribution in [0.15, 0.2) is 54.7 Å². The van der Waals surface area contributed by atoms with Gasteiger partial charge in [-0.05, 0) is 23.3 Å². The number of benzene rings is 2. The van der Waals surface area contributed by atoms with Gasteiger partial charge in [0.2, 0.25) is 0 Å². The standard InChI is InChI=1S/C19H17NO2/c1-21-18-11-16-10-15(9-8-14-6-4-3-5-7-14)13-20-17(16)12-19(18)22-2/h3-13H,1-2H3/b9-8+. The lowest BCUT2D eigenvalue weighted by Crippen LogP contribution is -1.91. The molecular formula is C19H17NO2. The van der Waals surface area contributed by atoms with Crippen LogP contribution in [0.5, 0.6) is 11.5 Å². The van der Waals surface area contributed by atoms with Crippen molar-refractivity contribution in [2.75, 3.05) is 14.2 Å². The van der Waals surface area contributed by atoms with E-state index in [9.17, 15) is 0 Å². The molecule has 0 N–H and O–H groups in total. The fourth-order valence-corrected chi connectivity index (χ4v) is 2.32. The molecule has 0 bridgehead atoms. The van der Waals surface area contributed by atoms with Gasteiger partial charge in [-0.25, -0.2) is 0 Å². The van der Waals surface area contributed by atoms with Crippen molar-refractivity contribution in [1.29, 1.82) is 0 Å². The van der Waals surface area contributed by atoms with Gasteiger partial charge in [-0.3, -0.25) is 4.98 Å². The van der Waals surface area contributed by atoms with Crippen molar-refractivity contribution in [2.45, 2.75) is 0 Å². The molecule has 0 aliphatic carbocycles. The van der Waals surface area contributed by atoms with Gasteiger partial charge in [0.15, 0.2) is 11.5 Å². The number of hydrogen-bond donors (Lipinski definition) is 0. The lowest BCUT2D eigenvalue weighted by atomic mass is 10.1. The summed E-state index contributed by atoms with van der Waals surface area (Å²) in [5.41, 5.74) is 3.09. The Balaban J connectivity index is 1.97. The van der Waals surface area contributed by atoms with Crippen LogP contribution in [-0.2, 0) is 0 Å². The molecule has 0 spiro atoms. The van der Waals surface area contributed by atoms with Gasteiger partial charge < -0.3 is 9.47 Å². The van der Waals surface area contributed by atoms with Crippen LogP contribution in [0, 0.1) is 0 Å². The molecule has 2 aromatic carbocycles. The number of rotatable bonds is 4. The smallest absolute Gasteiger partial charge is 0.162 e. The van der Waals surface area contributed by atoms with Crippen LogP contribution in [0.2, 0.25) is 0 Å². The van der Waals surface area contributed by atoms with Crippen molar-refractivity contribution in [3.05, 3.63) is 65.9 Å². The van der Waals surface area contributed by atoms with Crippen molar-refractivity contribution >= 4 is 23.1 Å². The Bertz CT molecular complexity index is 810. The van der Waals surface area contributed by atoms with Crippen LogP contribution in [0.1, 0.15) is 11.1 Å². The van der Waals surface area contributed by atoms with Crippen molar-refractivity contribution in [3.63, 3.8) is 0 Å². The van der Waals surface area contributed by atoms with Crippen molar-refractivity contribution < 1.29 is 9.47 Å². The molecule has 0 saturated heterocycles. The number of methoxy groups -OCH3 is 2. The first-order valence-corrected chi connectivity index (χ1v) is 7.05. The summed E-state index contributed by atoms with van der Waals surface area (Å²) in [6.07, 6.45) is 5.98. The lowest BCUT2D eigenvalue weighted by Gasteiger charge is -2.09. The Morgan fingerprint density at radius 2 is 1.50 bits per heavy atom. The summed E-state index contributed by atoms with van der Waals surface area (Å²) in [5.74, 6) is 1.40. The van der Waals surface area contributed by atoms with E-state index in [4.69, 9.17) is 9.47 Å². The first kappa shape index (κ1) is 14.1. The molecule has 0 aliphatic heterocycles. The first-order chi connectivity index (χ1) is 10.8. The highest BCUT2D eigenvalue weighted by Crippen LogP contribution is 2.31. The first-order valence-electron chi connectivity index (χ1n) is 7.05. The summed E-state index contributed by atoms with van der Waals surface area (Å²) in [4.78, 5) is 4.49. The molecule has 0 radical (unpaired) electrons. The van der Waals surface area contributed by atoms with Gasteiger partial charge in [0.25, 0.3) is 0 Å². The third-order valence-corrected chi connectivity index (χ3v) is 3.48. The van der Waals surface area contributed by atoms with Crippen LogP contribution in [0.3, 0.4) is 0 Å². The second-order valence-corrected chi connectivity index (χ2v) is 4.91. The summed E-state index contributed by atoms with van der Waals surface area (Å²) in [6.45, 7) is 0. The predicted octanol–water partition coefficient (Wildman–Crippen LogP) is 4.42.